The molecule has 0 aliphatic carbocycles. The van der Waals surface area contributed by atoms with Crippen molar-refractivity contribution in [2.75, 3.05) is 17.7 Å². The van der Waals surface area contributed by atoms with Crippen molar-refractivity contribution in [3.05, 3.63) is 53.6 Å². The molecule has 0 aliphatic heterocycles. The first-order valence-electron chi connectivity index (χ1n) is 6.30. The second-order valence-corrected chi connectivity index (χ2v) is 4.24. The molecule has 0 heterocycles. The number of carbonyl (C=O) groups excluding carboxylic acids is 1. The Bertz CT molecular complexity index is 675. The van der Waals surface area contributed by atoms with E-state index < -0.39 is 17.6 Å². The van der Waals surface area contributed by atoms with E-state index in [2.05, 4.69) is 5.32 Å². The van der Waals surface area contributed by atoms with E-state index in [1.54, 1.807) is 13.0 Å². The highest BCUT2D eigenvalue weighted by Gasteiger charge is 2.16. The molecule has 0 aromatic heterocycles. The van der Waals surface area contributed by atoms with Gasteiger partial charge in [-0.05, 0) is 31.2 Å². The number of hydrogen-bond donors (Lipinski definition) is 2. The molecular formula is C15H14F2N2O2. The van der Waals surface area contributed by atoms with Gasteiger partial charge in [-0.15, -0.1) is 0 Å². The highest BCUT2D eigenvalue weighted by molar-refractivity contribution is 5.96. The van der Waals surface area contributed by atoms with Gasteiger partial charge >= 0.3 is 5.97 Å². The van der Waals surface area contributed by atoms with E-state index in [1.807, 2.05) is 0 Å². The maximum absolute atomic E-state index is 13.9. The second-order valence-electron chi connectivity index (χ2n) is 4.24. The highest BCUT2D eigenvalue weighted by atomic mass is 19.1. The monoisotopic (exact) mass is 292 g/mol. The van der Waals surface area contributed by atoms with Gasteiger partial charge in [0.25, 0.3) is 0 Å². The van der Waals surface area contributed by atoms with Crippen LogP contribution in [0.3, 0.4) is 0 Å². The number of hydrogen-bond acceptors (Lipinski definition) is 4. The van der Waals surface area contributed by atoms with E-state index >= 15 is 0 Å². The zero-order chi connectivity index (χ0) is 15.4. The van der Waals surface area contributed by atoms with Crippen molar-refractivity contribution >= 4 is 23.0 Å². The van der Waals surface area contributed by atoms with Crippen LogP contribution in [0.2, 0.25) is 0 Å². The normalized spacial score (nSPS) is 10.2. The lowest BCUT2D eigenvalue weighted by molar-refractivity contribution is 0.0527. The summed E-state index contributed by atoms with van der Waals surface area (Å²) in [6, 6.07) is 8.01. The molecule has 0 bridgehead atoms. The number of ether oxygens (including phenoxy) is 1. The topological polar surface area (TPSA) is 64.3 Å². The Labute approximate surface area is 120 Å². The third-order valence-electron chi connectivity index (χ3n) is 2.78. The van der Waals surface area contributed by atoms with E-state index in [1.165, 1.54) is 24.3 Å². The third-order valence-corrected chi connectivity index (χ3v) is 2.78. The molecule has 21 heavy (non-hydrogen) atoms. The number of para-hydroxylation sites is 1. The van der Waals surface area contributed by atoms with Crippen molar-refractivity contribution in [1.82, 2.24) is 0 Å². The van der Waals surface area contributed by atoms with Crippen LogP contribution < -0.4 is 11.1 Å². The van der Waals surface area contributed by atoms with Gasteiger partial charge in [0.2, 0.25) is 0 Å². The first kappa shape index (κ1) is 14.8. The van der Waals surface area contributed by atoms with Gasteiger partial charge in [0.15, 0.2) is 0 Å². The van der Waals surface area contributed by atoms with Gasteiger partial charge in [-0.3, -0.25) is 0 Å². The molecule has 2 aromatic rings. The average Bonchev–Trinajstić information content (AvgIpc) is 2.44. The lowest BCUT2D eigenvalue weighted by Crippen LogP contribution is -2.09. The Morgan fingerprint density at radius 2 is 1.90 bits per heavy atom. The average molecular weight is 292 g/mol. The number of halogens is 2. The van der Waals surface area contributed by atoms with Crippen LogP contribution in [0.1, 0.15) is 17.3 Å². The van der Waals surface area contributed by atoms with Gasteiger partial charge in [0, 0.05) is 5.69 Å². The van der Waals surface area contributed by atoms with Crippen molar-refractivity contribution < 1.29 is 18.3 Å². The predicted octanol–water partition coefficient (Wildman–Crippen LogP) is 3.47. The molecule has 3 N–H and O–H groups in total. The largest absolute Gasteiger partial charge is 0.462 e. The summed E-state index contributed by atoms with van der Waals surface area (Å²) in [6.45, 7) is 1.82. The lowest BCUT2D eigenvalue weighted by atomic mass is 10.1. The minimum atomic E-state index is -0.691. The molecule has 0 fully saturated rings. The van der Waals surface area contributed by atoms with E-state index in [-0.39, 0.29) is 29.2 Å². The van der Waals surface area contributed by atoms with Crippen LogP contribution >= 0.6 is 0 Å². The Balaban J connectivity index is 2.38. The number of nitrogens with two attached hydrogens (primary N) is 1. The van der Waals surface area contributed by atoms with Gasteiger partial charge in [-0.1, -0.05) is 12.1 Å². The smallest absolute Gasteiger partial charge is 0.340 e. The van der Waals surface area contributed by atoms with Crippen molar-refractivity contribution in [2.45, 2.75) is 6.92 Å². The molecule has 4 nitrogen and oxygen atoms in total. The first-order chi connectivity index (χ1) is 10.0. The maximum atomic E-state index is 13.9. The van der Waals surface area contributed by atoms with Crippen LogP contribution in [0.4, 0.5) is 25.8 Å². The Morgan fingerprint density at radius 3 is 2.57 bits per heavy atom. The standard InChI is InChI=1S/C15H14F2N2O2/c1-2-21-15(20)9-7-14(11(17)8-12(9)18)19-13-6-4-3-5-10(13)16/h3-8,19H,2,18H2,1H3. The molecule has 2 aromatic carbocycles. The van der Waals surface area contributed by atoms with Crippen LogP contribution in [0, 0.1) is 11.6 Å². The molecule has 0 atom stereocenters. The number of esters is 1. The molecule has 0 aliphatic rings. The zero-order valence-corrected chi connectivity index (χ0v) is 11.3. The van der Waals surface area contributed by atoms with Crippen molar-refractivity contribution in [1.29, 1.82) is 0 Å². The molecule has 0 saturated heterocycles. The molecule has 0 radical (unpaired) electrons. The summed E-state index contributed by atoms with van der Waals surface area (Å²) in [5, 5.41) is 2.59. The first-order valence-corrected chi connectivity index (χ1v) is 6.30. The minimum absolute atomic E-state index is 0.0251. The van der Waals surface area contributed by atoms with Crippen LogP contribution in [0.5, 0.6) is 0 Å². The predicted molar refractivity (Wildman–Crippen MR) is 76.5 cm³/mol. The van der Waals surface area contributed by atoms with Crippen molar-refractivity contribution in [2.24, 2.45) is 0 Å². The van der Waals surface area contributed by atoms with E-state index in [9.17, 15) is 13.6 Å². The molecule has 0 spiro atoms. The zero-order valence-electron chi connectivity index (χ0n) is 11.3. The summed E-state index contributed by atoms with van der Waals surface area (Å²) < 4.78 is 32.3. The molecule has 110 valence electrons. The number of rotatable bonds is 4. The number of nitrogen functional groups attached to an aromatic ring is 1. The van der Waals surface area contributed by atoms with E-state index in [0.717, 1.165) is 6.07 Å². The molecule has 0 saturated carbocycles. The fraction of sp³-hybridized carbons (Fsp3) is 0.133. The quantitative estimate of drug-likeness (QED) is 0.669. The summed E-state index contributed by atoms with van der Waals surface area (Å²) in [6.07, 6.45) is 0. The Morgan fingerprint density at radius 1 is 1.19 bits per heavy atom. The summed E-state index contributed by atoms with van der Waals surface area (Å²) in [5.74, 6) is -1.89. The number of nitrogens with one attached hydrogen (secondary N) is 1. The fourth-order valence-electron chi connectivity index (χ4n) is 1.78. The minimum Gasteiger partial charge on any atom is -0.462 e. The van der Waals surface area contributed by atoms with E-state index in [0.29, 0.717) is 0 Å². The lowest BCUT2D eigenvalue weighted by Gasteiger charge is -2.12. The molecule has 0 unspecified atom stereocenters. The van der Waals surface area contributed by atoms with E-state index in [4.69, 9.17) is 10.5 Å². The molecule has 2 rings (SSSR count). The van der Waals surface area contributed by atoms with Crippen LogP contribution in [-0.4, -0.2) is 12.6 Å². The third kappa shape index (κ3) is 3.28. The van der Waals surface area contributed by atoms with Crippen molar-refractivity contribution in [3.8, 4) is 0 Å². The maximum Gasteiger partial charge on any atom is 0.340 e. The van der Waals surface area contributed by atoms with Gasteiger partial charge in [0.1, 0.15) is 11.6 Å². The van der Waals surface area contributed by atoms with Crippen molar-refractivity contribution in [3.63, 3.8) is 0 Å². The molecule has 0 amide bonds. The number of carbonyl (C=O) groups is 1. The number of benzene rings is 2. The van der Waals surface area contributed by atoms with Gasteiger partial charge in [-0.25, -0.2) is 13.6 Å². The summed E-state index contributed by atoms with van der Waals surface area (Å²) >= 11 is 0. The Kier molecular flexibility index (Phi) is 4.37. The summed E-state index contributed by atoms with van der Waals surface area (Å²) in [7, 11) is 0. The number of anilines is 3. The Hall–Kier alpha value is -2.63. The van der Waals surface area contributed by atoms with Crippen LogP contribution in [0.15, 0.2) is 36.4 Å². The van der Waals surface area contributed by atoms with Crippen LogP contribution in [0.25, 0.3) is 0 Å². The fourth-order valence-corrected chi connectivity index (χ4v) is 1.78. The molecule has 6 heteroatoms. The molecular weight excluding hydrogens is 278 g/mol. The summed E-state index contributed by atoms with van der Waals surface area (Å²) in [4.78, 5) is 11.7. The van der Waals surface area contributed by atoms with Gasteiger partial charge < -0.3 is 15.8 Å². The summed E-state index contributed by atoms with van der Waals surface area (Å²) in [5.41, 5.74) is 5.63. The van der Waals surface area contributed by atoms with Crippen LogP contribution in [-0.2, 0) is 4.74 Å². The highest BCUT2D eigenvalue weighted by Crippen LogP contribution is 2.27. The SMILES string of the molecule is CCOC(=O)c1cc(Nc2ccccc2F)c(F)cc1N. The second kappa shape index (κ2) is 6.21. The van der Waals surface area contributed by atoms with Gasteiger partial charge in [-0.2, -0.15) is 0 Å². The van der Waals surface area contributed by atoms with Gasteiger partial charge in [0.05, 0.1) is 23.5 Å².